The van der Waals surface area contributed by atoms with Crippen molar-refractivity contribution >= 4 is 6.03 Å². The van der Waals surface area contributed by atoms with E-state index in [0.29, 0.717) is 11.8 Å². The van der Waals surface area contributed by atoms with Crippen molar-refractivity contribution in [3.05, 3.63) is 0 Å². The van der Waals surface area contributed by atoms with E-state index < -0.39 is 0 Å². The maximum Gasteiger partial charge on any atom is 0.319 e. The Labute approximate surface area is 74.3 Å². The molecule has 0 aliphatic carbocycles. The number of likely N-dealkylation sites (tertiary alicyclic amines) is 1. The standard InChI is InChI=1S/C9H18N2O/c1-7(2)8-5-11(6-8)9(12)10(3)4/h7-8H,5-6H2,1-4H3. The fraction of sp³-hybridized carbons (Fsp3) is 0.889. The average Bonchev–Trinajstić information content (AvgIpc) is 1.82. The van der Waals surface area contributed by atoms with Gasteiger partial charge in [-0.1, -0.05) is 13.8 Å². The molecule has 0 aromatic rings. The van der Waals surface area contributed by atoms with Crippen LogP contribution < -0.4 is 0 Å². The Morgan fingerprint density at radius 1 is 1.42 bits per heavy atom. The van der Waals surface area contributed by atoms with Gasteiger partial charge in [-0.25, -0.2) is 4.79 Å². The Morgan fingerprint density at radius 3 is 2.25 bits per heavy atom. The highest BCUT2D eigenvalue weighted by molar-refractivity contribution is 5.74. The number of carbonyl (C=O) groups is 1. The van der Waals surface area contributed by atoms with Crippen molar-refractivity contribution in [1.82, 2.24) is 9.80 Å². The Bertz CT molecular complexity index is 171. The van der Waals surface area contributed by atoms with Gasteiger partial charge in [0.25, 0.3) is 0 Å². The van der Waals surface area contributed by atoms with Gasteiger partial charge in [-0.05, 0) is 11.8 Å². The SMILES string of the molecule is CC(C)C1CN(C(=O)N(C)C)C1. The highest BCUT2D eigenvalue weighted by Crippen LogP contribution is 2.23. The van der Waals surface area contributed by atoms with Gasteiger partial charge in [-0.2, -0.15) is 0 Å². The fourth-order valence-corrected chi connectivity index (χ4v) is 1.37. The van der Waals surface area contributed by atoms with Crippen molar-refractivity contribution in [1.29, 1.82) is 0 Å². The van der Waals surface area contributed by atoms with Crippen molar-refractivity contribution < 1.29 is 4.79 Å². The molecule has 0 unspecified atom stereocenters. The number of urea groups is 1. The topological polar surface area (TPSA) is 23.6 Å². The molecule has 0 bridgehead atoms. The van der Waals surface area contributed by atoms with Crippen molar-refractivity contribution in [3.8, 4) is 0 Å². The van der Waals surface area contributed by atoms with Crippen LogP contribution in [0, 0.1) is 11.8 Å². The molecule has 1 rings (SSSR count). The van der Waals surface area contributed by atoms with Crippen molar-refractivity contribution in [3.63, 3.8) is 0 Å². The third kappa shape index (κ3) is 1.71. The van der Waals surface area contributed by atoms with Crippen molar-refractivity contribution in [2.75, 3.05) is 27.2 Å². The summed E-state index contributed by atoms with van der Waals surface area (Å²) >= 11 is 0. The van der Waals surface area contributed by atoms with Gasteiger partial charge < -0.3 is 9.80 Å². The zero-order valence-corrected chi connectivity index (χ0v) is 8.37. The molecule has 0 aromatic carbocycles. The van der Waals surface area contributed by atoms with Crippen LogP contribution in [0.1, 0.15) is 13.8 Å². The van der Waals surface area contributed by atoms with E-state index in [-0.39, 0.29) is 6.03 Å². The molecule has 1 aliphatic heterocycles. The highest BCUT2D eigenvalue weighted by atomic mass is 16.2. The lowest BCUT2D eigenvalue weighted by molar-refractivity contribution is 0.0790. The van der Waals surface area contributed by atoms with Gasteiger partial charge in [-0.3, -0.25) is 0 Å². The first-order chi connectivity index (χ1) is 5.52. The number of rotatable bonds is 1. The molecular weight excluding hydrogens is 152 g/mol. The van der Waals surface area contributed by atoms with E-state index in [9.17, 15) is 4.79 Å². The first-order valence-electron chi connectivity index (χ1n) is 4.48. The van der Waals surface area contributed by atoms with Gasteiger partial charge >= 0.3 is 6.03 Å². The van der Waals surface area contributed by atoms with Crippen LogP contribution in [0.25, 0.3) is 0 Å². The lowest BCUT2D eigenvalue weighted by atomic mass is 9.89. The second-order valence-corrected chi connectivity index (χ2v) is 4.09. The molecular formula is C9H18N2O. The average molecular weight is 170 g/mol. The third-order valence-electron chi connectivity index (χ3n) is 2.51. The number of nitrogens with zero attached hydrogens (tertiary/aromatic N) is 2. The van der Waals surface area contributed by atoms with Crippen LogP contribution in [0.15, 0.2) is 0 Å². The number of hydrogen-bond donors (Lipinski definition) is 0. The van der Waals surface area contributed by atoms with Crippen LogP contribution in [0.2, 0.25) is 0 Å². The second kappa shape index (κ2) is 3.33. The van der Waals surface area contributed by atoms with Gasteiger partial charge in [0.15, 0.2) is 0 Å². The lowest BCUT2D eigenvalue weighted by Gasteiger charge is -2.42. The summed E-state index contributed by atoms with van der Waals surface area (Å²) in [4.78, 5) is 14.9. The second-order valence-electron chi connectivity index (χ2n) is 4.09. The molecule has 0 aromatic heterocycles. The molecule has 0 N–H and O–H groups in total. The van der Waals surface area contributed by atoms with Crippen LogP contribution in [-0.4, -0.2) is 43.0 Å². The quantitative estimate of drug-likeness (QED) is 0.581. The maximum atomic E-state index is 11.3. The van der Waals surface area contributed by atoms with Gasteiger partial charge in [0.05, 0.1) is 0 Å². The largest absolute Gasteiger partial charge is 0.331 e. The van der Waals surface area contributed by atoms with E-state index in [2.05, 4.69) is 13.8 Å². The highest BCUT2D eigenvalue weighted by Gasteiger charge is 2.32. The number of amides is 2. The minimum Gasteiger partial charge on any atom is -0.331 e. The number of hydrogen-bond acceptors (Lipinski definition) is 1. The van der Waals surface area contributed by atoms with E-state index in [1.807, 2.05) is 4.90 Å². The summed E-state index contributed by atoms with van der Waals surface area (Å²) in [5.74, 6) is 1.42. The molecule has 2 amide bonds. The zero-order valence-electron chi connectivity index (χ0n) is 8.37. The van der Waals surface area contributed by atoms with Gasteiger partial charge in [0, 0.05) is 27.2 Å². The predicted molar refractivity (Wildman–Crippen MR) is 49.0 cm³/mol. The Hall–Kier alpha value is -0.730. The van der Waals surface area contributed by atoms with E-state index >= 15 is 0 Å². The van der Waals surface area contributed by atoms with Crippen LogP contribution in [0.4, 0.5) is 4.79 Å². The van der Waals surface area contributed by atoms with Crippen molar-refractivity contribution in [2.24, 2.45) is 11.8 Å². The first-order valence-corrected chi connectivity index (χ1v) is 4.48. The summed E-state index contributed by atoms with van der Waals surface area (Å²) in [6.45, 7) is 6.30. The van der Waals surface area contributed by atoms with Gasteiger partial charge in [0.2, 0.25) is 0 Å². The molecule has 1 fully saturated rings. The smallest absolute Gasteiger partial charge is 0.319 e. The van der Waals surface area contributed by atoms with E-state index in [0.717, 1.165) is 13.1 Å². The van der Waals surface area contributed by atoms with Crippen LogP contribution in [-0.2, 0) is 0 Å². The molecule has 3 nitrogen and oxygen atoms in total. The monoisotopic (exact) mass is 170 g/mol. The van der Waals surface area contributed by atoms with Crippen LogP contribution in [0.5, 0.6) is 0 Å². The molecule has 1 heterocycles. The van der Waals surface area contributed by atoms with E-state index in [1.54, 1.807) is 19.0 Å². The summed E-state index contributed by atoms with van der Waals surface area (Å²) in [6, 6.07) is 0.145. The van der Waals surface area contributed by atoms with Gasteiger partial charge in [0.1, 0.15) is 0 Å². The lowest BCUT2D eigenvalue weighted by Crippen LogP contribution is -2.54. The Morgan fingerprint density at radius 2 is 1.92 bits per heavy atom. The van der Waals surface area contributed by atoms with Crippen LogP contribution in [0.3, 0.4) is 0 Å². The molecule has 0 saturated carbocycles. The van der Waals surface area contributed by atoms with Gasteiger partial charge in [-0.15, -0.1) is 0 Å². The van der Waals surface area contributed by atoms with E-state index in [4.69, 9.17) is 0 Å². The minimum atomic E-state index is 0.145. The van der Waals surface area contributed by atoms with Crippen molar-refractivity contribution in [2.45, 2.75) is 13.8 Å². The molecule has 0 atom stereocenters. The molecule has 0 spiro atoms. The molecule has 3 heteroatoms. The first kappa shape index (κ1) is 9.36. The zero-order chi connectivity index (χ0) is 9.30. The number of carbonyl (C=O) groups excluding carboxylic acids is 1. The minimum absolute atomic E-state index is 0.145. The predicted octanol–water partition coefficient (Wildman–Crippen LogP) is 1.26. The molecule has 70 valence electrons. The molecule has 0 radical (unpaired) electrons. The molecule has 12 heavy (non-hydrogen) atoms. The summed E-state index contributed by atoms with van der Waals surface area (Å²) < 4.78 is 0. The van der Waals surface area contributed by atoms with E-state index in [1.165, 1.54) is 0 Å². The Balaban J connectivity index is 2.30. The summed E-state index contributed by atoms with van der Waals surface area (Å²) in [7, 11) is 3.59. The normalized spacial score (nSPS) is 17.9. The third-order valence-corrected chi connectivity index (χ3v) is 2.51. The maximum absolute atomic E-state index is 11.3. The molecule has 1 aliphatic rings. The van der Waals surface area contributed by atoms with Crippen LogP contribution >= 0.6 is 0 Å². The molecule has 1 saturated heterocycles. The Kier molecular flexibility index (Phi) is 2.60. The fourth-order valence-electron chi connectivity index (χ4n) is 1.37. The summed E-state index contributed by atoms with van der Waals surface area (Å²) in [5, 5.41) is 0. The summed E-state index contributed by atoms with van der Waals surface area (Å²) in [5.41, 5.74) is 0. The summed E-state index contributed by atoms with van der Waals surface area (Å²) in [6.07, 6.45) is 0.